The third-order valence-electron chi connectivity index (χ3n) is 2.63. The van der Waals surface area contributed by atoms with Gasteiger partial charge in [0.2, 0.25) is 0 Å². The molecule has 0 aliphatic rings. The lowest BCUT2D eigenvalue weighted by molar-refractivity contribution is 0.412. The van der Waals surface area contributed by atoms with Crippen LogP contribution in [0.2, 0.25) is 0 Å². The van der Waals surface area contributed by atoms with Crippen molar-refractivity contribution in [3.05, 3.63) is 48.0 Å². The van der Waals surface area contributed by atoms with Crippen molar-refractivity contribution < 1.29 is 4.74 Å². The molecule has 0 amide bonds. The predicted molar refractivity (Wildman–Crippen MR) is 71.6 cm³/mol. The fourth-order valence-electron chi connectivity index (χ4n) is 1.78. The fraction of sp³-hybridized carbons (Fsp3) is 0.143. The van der Waals surface area contributed by atoms with E-state index >= 15 is 0 Å². The first kappa shape index (κ1) is 11.1. The Kier molecular flexibility index (Phi) is 3.20. The first-order valence-corrected chi connectivity index (χ1v) is 5.68. The highest BCUT2D eigenvalue weighted by atomic mass is 32.1. The average molecular weight is 231 g/mol. The van der Waals surface area contributed by atoms with E-state index in [0.717, 1.165) is 16.2 Å². The third kappa shape index (κ3) is 2.07. The van der Waals surface area contributed by atoms with Gasteiger partial charge in [0, 0.05) is 5.56 Å². The van der Waals surface area contributed by atoms with Crippen LogP contribution in [0, 0.1) is 6.92 Å². The summed E-state index contributed by atoms with van der Waals surface area (Å²) in [7, 11) is 1.69. The molecule has 0 heterocycles. The van der Waals surface area contributed by atoms with Crippen LogP contribution in [0.3, 0.4) is 0 Å². The second kappa shape index (κ2) is 4.62. The molecule has 0 unspecified atom stereocenters. The van der Waals surface area contributed by atoms with Crippen molar-refractivity contribution in [1.29, 1.82) is 0 Å². The molecule has 0 spiro atoms. The minimum absolute atomic E-state index is 0.926. The number of benzene rings is 2. The molecule has 1 nitrogen and oxygen atoms in total. The zero-order valence-electron chi connectivity index (χ0n) is 9.45. The van der Waals surface area contributed by atoms with Gasteiger partial charge in [-0.1, -0.05) is 18.2 Å². The van der Waals surface area contributed by atoms with Crippen LogP contribution < -0.4 is 4.74 Å². The Hall–Kier alpha value is -1.41. The summed E-state index contributed by atoms with van der Waals surface area (Å²) in [4.78, 5) is 1.10. The van der Waals surface area contributed by atoms with E-state index in [9.17, 15) is 0 Å². The Labute approximate surface area is 101 Å². The minimum Gasteiger partial charge on any atom is -0.496 e. The van der Waals surface area contributed by atoms with Crippen LogP contribution in [0.1, 0.15) is 5.56 Å². The lowest BCUT2D eigenvalue weighted by Crippen LogP contribution is -1.88. The highest BCUT2D eigenvalue weighted by molar-refractivity contribution is 7.59. The van der Waals surface area contributed by atoms with Crippen LogP contribution in [-0.2, 0) is 12.6 Å². The van der Waals surface area contributed by atoms with Crippen molar-refractivity contribution in [2.45, 2.75) is 11.8 Å². The summed E-state index contributed by atoms with van der Waals surface area (Å²) in [5.41, 5.74) is 3.55. The van der Waals surface area contributed by atoms with Gasteiger partial charge < -0.3 is 4.74 Å². The molecule has 0 saturated heterocycles. The van der Waals surface area contributed by atoms with E-state index in [1.807, 2.05) is 24.3 Å². The van der Waals surface area contributed by atoms with E-state index in [-0.39, 0.29) is 0 Å². The topological polar surface area (TPSA) is 9.23 Å². The summed E-state index contributed by atoms with van der Waals surface area (Å²) in [5, 5.41) is 0. The van der Waals surface area contributed by atoms with Gasteiger partial charge in [0.15, 0.2) is 4.90 Å². The van der Waals surface area contributed by atoms with Gasteiger partial charge in [-0.25, -0.2) is 0 Å². The molecule has 0 aliphatic carbocycles. The maximum absolute atomic E-state index is 5.25. The molecule has 0 fully saturated rings. The highest BCUT2D eigenvalue weighted by Crippen LogP contribution is 2.28. The van der Waals surface area contributed by atoms with E-state index in [0.29, 0.717) is 0 Å². The number of rotatable bonds is 2. The van der Waals surface area contributed by atoms with Crippen LogP contribution in [0.4, 0.5) is 0 Å². The normalized spacial score (nSPS) is 10.2. The van der Waals surface area contributed by atoms with Crippen molar-refractivity contribution in [3.8, 4) is 16.9 Å². The third-order valence-corrected chi connectivity index (χ3v) is 3.07. The Bertz CT molecular complexity index is 506. The van der Waals surface area contributed by atoms with Crippen LogP contribution >= 0.6 is 0 Å². The van der Waals surface area contributed by atoms with Crippen molar-refractivity contribution >= 4 is 12.6 Å². The first-order chi connectivity index (χ1) is 7.72. The Morgan fingerprint density at radius 1 is 1.06 bits per heavy atom. The van der Waals surface area contributed by atoms with Crippen LogP contribution in [0.25, 0.3) is 11.1 Å². The van der Waals surface area contributed by atoms with Crippen molar-refractivity contribution in [2.24, 2.45) is 0 Å². The molecule has 16 heavy (non-hydrogen) atoms. The monoisotopic (exact) mass is 231 g/mol. The van der Waals surface area contributed by atoms with Crippen LogP contribution in [-0.4, -0.2) is 7.11 Å². The molecular weight excluding hydrogens is 216 g/mol. The number of ether oxygens (including phenoxy) is 1. The zero-order chi connectivity index (χ0) is 11.5. The summed E-state index contributed by atoms with van der Waals surface area (Å²) in [6.07, 6.45) is 0. The number of hydrogen-bond donors (Lipinski definition) is 0. The standard InChI is InChI=1S/C14H14OS/c1-10-9-11(7-8-13(10)15-2)12-5-3-4-6-14(12)16/h3-9,16H,1-2H3/p+1. The van der Waals surface area contributed by atoms with Crippen molar-refractivity contribution in [1.82, 2.24) is 0 Å². The Morgan fingerprint density at radius 2 is 1.81 bits per heavy atom. The largest absolute Gasteiger partial charge is 0.496 e. The Morgan fingerprint density at radius 3 is 2.44 bits per heavy atom. The van der Waals surface area contributed by atoms with E-state index < -0.39 is 0 Å². The number of methoxy groups -OCH3 is 1. The fourth-order valence-corrected chi connectivity index (χ4v) is 2.10. The van der Waals surface area contributed by atoms with Crippen molar-refractivity contribution in [2.75, 3.05) is 7.11 Å². The van der Waals surface area contributed by atoms with Gasteiger partial charge in [0.05, 0.1) is 7.11 Å². The molecule has 2 heteroatoms. The zero-order valence-corrected chi connectivity index (χ0v) is 10.4. The van der Waals surface area contributed by atoms with E-state index in [4.69, 9.17) is 4.74 Å². The molecule has 0 N–H and O–H groups in total. The second-order valence-corrected chi connectivity index (χ2v) is 4.27. The molecule has 82 valence electrons. The van der Waals surface area contributed by atoms with E-state index in [1.54, 1.807) is 7.11 Å². The summed E-state index contributed by atoms with van der Waals surface area (Å²) >= 11 is 3.61. The maximum Gasteiger partial charge on any atom is 0.158 e. The smallest absolute Gasteiger partial charge is 0.158 e. The first-order valence-electron chi connectivity index (χ1n) is 5.18. The van der Waals surface area contributed by atoms with Crippen molar-refractivity contribution in [3.63, 3.8) is 0 Å². The molecule has 2 aromatic carbocycles. The van der Waals surface area contributed by atoms with E-state index in [1.165, 1.54) is 11.1 Å². The molecule has 2 rings (SSSR count). The number of aryl methyl sites for hydroxylation is 1. The molecule has 2 aromatic rings. The molecule has 0 aliphatic heterocycles. The summed E-state index contributed by atoms with van der Waals surface area (Å²) in [6, 6.07) is 14.4. The number of hydrogen-bond acceptors (Lipinski definition) is 1. The molecule has 0 radical (unpaired) electrons. The van der Waals surface area contributed by atoms with Gasteiger partial charge in [-0.3, -0.25) is 0 Å². The molecule has 0 aromatic heterocycles. The molecule has 0 saturated carbocycles. The average Bonchev–Trinajstić information content (AvgIpc) is 2.29. The SMILES string of the molecule is COc1ccc(-c2ccccc2[SH2+])cc1C. The van der Waals surface area contributed by atoms with Gasteiger partial charge in [0.25, 0.3) is 0 Å². The molecule has 0 atom stereocenters. The summed E-state index contributed by atoms with van der Waals surface area (Å²) in [5.74, 6) is 0.926. The summed E-state index contributed by atoms with van der Waals surface area (Å²) < 4.78 is 5.25. The molecule has 0 bridgehead atoms. The lowest BCUT2D eigenvalue weighted by Gasteiger charge is -2.07. The van der Waals surface area contributed by atoms with Gasteiger partial charge in [-0.2, -0.15) is 0 Å². The van der Waals surface area contributed by atoms with Gasteiger partial charge in [0.1, 0.15) is 5.75 Å². The maximum atomic E-state index is 5.25. The summed E-state index contributed by atoms with van der Waals surface area (Å²) in [6.45, 7) is 2.05. The van der Waals surface area contributed by atoms with Gasteiger partial charge >= 0.3 is 0 Å². The van der Waals surface area contributed by atoms with Crippen LogP contribution in [0.5, 0.6) is 5.75 Å². The van der Waals surface area contributed by atoms with E-state index in [2.05, 4.69) is 37.8 Å². The second-order valence-electron chi connectivity index (χ2n) is 3.73. The Balaban J connectivity index is 2.50. The lowest BCUT2D eigenvalue weighted by atomic mass is 10.0. The van der Waals surface area contributed by atoms with Crippen LogP contribution in [0.15, 0.2) is 47.4 Å². The highest BCUT2D eigenvalue weighted by Gasteiger charge is 2.07. The minimum atomic E-state index is 0.926. The predicted octanol–water partition coefficient (Wildman–Crippen LogP) is 3.04. The molecular formula is C14H15OS+. The van der Waals surface area contributed by atoms with Gasteiger partial charge in [-0.05, 0) is 54.9 Å². The van der Waals surface area contributed by atoms with Gasteiger partial charge in [-0.15, -0.1) is 0 Å². The quantitative estimate of drug-likeness (QED) is 0.722.